The van der Waals surface area contributed by atoms with Crippen LogP contribution in [0.1, 0.15) is 67.6 Å². The molecule has 2 aromatic rings. The van der Waals surface area contributed by atoms with E-state index in [0.717, 1.165) is 24.5 Å². The summed E-state index contributed by atoms with van der Waals surface area (Å²) in [6.07, 6.45) is 12.7. The van der Waals surface area contributed by atoms with E-state index in [0.29, 0.717) is 5.71 Å². The number of hydrogen-bond acceptors (Lipinski definition) is 3. The number of aryl methyl sites for hydroxylation is 1. The number of halogens is 1. The zero-order valence-corrected chi connectivity index (χ0v) is 21.0. The lowest BCUT2D eigenvalue weighted by Gasteiger charge is -2.20. The highest BCUT2D eigenvalue weighted by Gasteiger charge is 2.17. The summed E-state index contributed by atoms with van der Waals surface area (Å²) < 4.78 is 14.3. The van der Waals surface area contributed by atoms with Crippen molar-refractivity contribution in [2.24, 2.45) is 10.6 Å². The minimum atomic E-state index is -1.19. The number of carbonyl (C=O) groups is 1. The van der Waals surface area contributed by atoms with Crippen LogP contribution in [0.3, 0.4) is 0 Å². The number of nitrogens with zero attached hydrogens (tertiary/aromatic N) is 1. The van der Waals surface area contributed by atoms with Gasteiger partial charge in [0.05, 0.1) is 5.56 Å². The molecule has 184 valence electrons. The van der Waals surface area contributed by atoms with Crippen LogP contribution in [0, 0.1) is 18.2 Å². The second kappa shape index (κ2) is 12.7. The fourth-order valence-corrected chi connectivity index (χ4v) is 3.65. The molecule has 0 atom stereocenters. The van der Waals surface area contributed by atoms with Crippen molar-refractivity contribution in [2.45, 2.75) is 47.5 Å². The summed E-state index contributed by atoms with van der Waals surface area (Å²) in [6.45, 7) is 10.4. The van der Waals surface area contributed by atoms with Crippen molar-refractivity contribution >= 4 is 23.3 Å². The monoisotopic (exact) mass is 475 g/mol. The first-order valence-corrected chi connectivity index (χ1v) is 11.8. The van der Waals surface area contributed by atoms with Gasteiger partial charge in [-0.25, -0.2) is 9.18 Å². The molecule has 0 saturated heterocycles. The van der Waals surface area contributed by atoms with Gasteiger partial charge in [0.1, 0.15) is 11.5 Å². The Morgan fingerprint density at radius 3 is 2.40 bits per heavy atom. The summed E-state index contributed by atoms with van der Waals surface area (Å²) in [5.41, 5.74) is 4.60. The maximum atomic E-state index is 14.3. The molecule has 0 unspecified atom stereocenters. The molecule has 0 aromatic heterocycles. The van der Waals surface area contributed by atoms with E-state index in [1.54, 1.807) is 0 Å². The van der Waals surface area contributed by atoms with Crippen LogP contribution in [0.5, 0.6) is 0 Å². The largest absolute Gasteiger partial charge is 0.478 e. The van der Waals surface area contributed by atoms with Crippen LogP contribution in [0.25, 0.3) is 11.6 Å². The first kappa shape index (κ1) is 27.5. The second-order valence-electron chi connectivity index (χ2n) is 8.85. The van der Waals surface area contributed by atoms with Crippen molar-refractivity contribution in [1.82, 2.24) is 0 Å². The van der Waals surface area contributed by atoms with E-state index in [1.807, 2.05) is 32.1 Å². The van der Waals surface area contributed by atoms with E-state index >= 15 is 0 Å². The summed E-state index contributed by atoms with van der Waals surface area (Å²) in [5, 5.41) is 22.0. The lowest BCUT2D eigenvalue weighted by atomic mass is 9.84. The molecule has 0 amide bonds. The summed E-state index contributed by atoms with van der Waals surface area (Å²) in [5.74, 6) is -1.85. The molecule has 2 aromatic carbocycles. The zero-order chi connectivity index (χ0) is 26.0. The minimum Gasteiger partial charge on any atom is -0.478 e. The molecule has 2 N–H and O–H groups in total. The van der Waals surface area contributed by atoms with Gasteiger partial charge < -0.3 is 10.3 Å². The summed E-state index contributed by atoms with van der Waals surface area (Å²) in [6, 6.07) is 12.2. The Kier molecular flexibility index (Phi) is 9.95. The van der Waals surface area contributed by atoms with Gasteiger partial charge in [0, 0.05) is 5.56 Å². The van der Waals surface area contributed by atoms with Crippen LogP contribution >= 0.6 is 0 Å². The number of hydrogen-bond donors (Lipinski definition) is 2. The van der Waals surface area contributed by atoms with Gasteiger partial charge in [0.25, 0.3) is 0 Å². The molecule has 35 heavy (non-hydrogen) atoms. The topological polar surface area (TPSA) is 69.9 Å². The van der Waals surface area contributed by atoms with Crippen molar-refractivity contribution in [1.29, 1.82) is 0 Å². The van der Waals surface area contributed by atoms with E-state index in [1.165, 1.54) is 41.0 Å². The second-order valence-corrected chi connectivity index (χ2v) is 8.85. The first-order valence-electron chi connectivity index (χ1n) is 11.8. The standard InChI is InChI=1S/C28H28FNO3.C2H6/c1-19-7-9-20(10-8-19)24-6-4-5-22(15-16-28(2,3)18-24)26(30-33)14-13-21-11-12-23(27(31)32)17-25(21)29;1-2/h4-5,7-15,17-18,33H,6,16H2,1-3H3,(H,31,32);1-2H3/b5-4-,14-13+,22-15+,24-18+,30-26+;. The lowest BCUT2D eigenvalue weighted by Crippen LogP contribution is -2.08. The van der Waals surface area contributed by atoms with Crippen LogP contribution in [0.15, 0.2) is 83.6 Å². The third-order valence-electron chi connectivity index (χ3n) is 5.54. The van der Waals surface area contributed by atoms with Crippen LogP contribution in [-0.4, -0.2) is 22.0 Å². The number of benzene rings is 2. The Labute approximate surface area is 207 Å². The molecule has 3 rings (SSSR count). The highest BCUT2D eigenvalue weighted by molar-refractivity contribution is 6.12. The molecule has 1 aliphatic rings. The highest BCUT2D eigenvalue weighted by atomic mass is 19.1. The van der Waals surface area contributed by atoms with E-state index in [-0.39, 0.29) is 16.5 Å². The molecule has 0 aliphatic heterocycles. The summed E-state index contributed by atoms with van der Waals surface area (Å²) >= 11 is 0. The van der Waals surface area contributed by atoms with Crippen molar-refractivity contribution < 1.29 is 19.5 Å². The fraction of sp³-hybridized carbons (Fsp3) is 0.267. The molecule has 5 heteroatoms. The van der Waals surface area contributed by atoms with Gasteiger partial charge in [-0.2, -0.15) is 0 Å². The van der Waals surface area contributed by atoms with E-state index in [2.05, 4.69) is 56.3 Å². The molecule has 0 spiro atoms. The normalized spacial score (nSPS) is 19.7. The van der Waals surface area contributed by atoms with Gasteiger partial charge in [-0.1, -0.05) is 93.1 Å². The smallest absolute Gasteiger partial charge is 0.335 e. The third kappa shape index (κ3) is 7.92. The maximum Gasteiger partial charge on any atom is 0.335 e. The number of carboxylic acid groups (broad SMARTS) is 1. The lowest BCUT2D eigenvalue weighted by molar-refractivity contribution is 0.0696. The van der Waals surface area contributed by atoms with Gasteiger partial charge in [-0.05, 0) is 66.2 Å². The quantitative estimate of drug-likeness (QED) is 0.261. The Hall–Kier alpha value is -3.73. The summed E-state index contributed by atoms with van der Waals surface area (Å²) in [7, 11) is 0. The predicted molar refractivity (Wildman–Crippen MR) is 142 cm³/mol. The molecule has 0 saturated carbocycles. The third-order valence-corrected chi connectivity index (χ3v) is 5.54. The maximum absolute atomic E-state index is 14.3. The highest BCUT2D eigenvalue weighted by Crippen LogP contribution is 2.32. The first-order chi connectivity index (χ1) is 16.7. The van der Waals surface area contributed by atoms with Gasteiger partial charge in [0.15, 0.2) is 0 Å². The van der Waals surface area contributed by atoms with E-state index in [4.69, 9.17) is 5.11 Å². The number of rotatable bonds is 5. The van der Waals surface area contributed by atoms with Gasteiger partial charge in [-0.15, -0.1) is 0 Å². The number of allylic oxidation sites excluding steroid dienone is 7. The minimum absolute atomic E-state index is 0.123. The van der Waals surface area contributed by atoms with Crippen LogP contribution < -0.4 is 0 Å². The molecule has 0 fully saturated rings. The van der Waals surface area contributed by atoms with Crippen LogP contribution in [0.4, 0.5) is 4.39 Å². The Bertz CT molecular complexity index is 1180. The van der Waals surface area contributed by atoms with Gasteiger partial charge in [-0.3, -0.25) is 0 Å². The average molecular weight is 476 g/mol. The molecule has 0 heterocycles. The Morgan fingerprint density at radius 2 is 1.80 bits per heavy atom. The number of carboxylic acids is 1. The molecular weight excluding hydrogens is 441 g/mol. The van der Waals surface area contributed by atoms with Crippen LogP contribution in [0.2, 0.25) is 0 Å². The average Bonchev–Trinajstić information content (AvgIpc) is 2.91. The Morgan fingerprint density at radius 1 is 1.11 bits per heavy atom. The predicted octanol–water partition coefficient (Wildman–Crippen LogP) is 8.09. The SMILES string of the molecule is CC.Cc1ccc(/C2=C/C(C)(C)C/C=C(C(/C=C/c3ccc(C(=O)O)cc3F)=N/O)\C=C/C2)cc1. The zero-order valence-electron chi connectivity index (χ0n) is 21.0. The van der Waals surface area contributed by atoms with Crippen molar-refractivity contribution in [2.75, 3.05) is 0 Å². The van der Waals surface area contributed by atoms with Crippen molar-refractivity contribution in [3.8, 4) is 0 Å². The van der Waals surface area contributed by atoms with Crippen LogP contribution in [-0.2, 0) is 0 Å². The van der Waals surface area contributed by atoms with E-state index in [9.17, 15) is 14.4 Å². The Balaban J connectivity index is 0.00000210. The van der Waals surface area contributed by atoms with E-state index < -0.39 is 11.8 Å². The molecule has 4 nitrogen and oxygen atoms in total. The van der Waals surface area contributed by atoms with Gasteiger partial charge in [0.2, 0.25) is 0 Å². The van der Waals surface area contributed by atoms with Crippen molar-refractivity contribution in [3.05, 3.63) is 106 Å². The molecule has 0 radical (unpaired) electrons. The van der Waals surface area contributed by atoms with Crippen molar-refractivity contribution in [3.63, 3.8) is 0 Å². The number of aromatic carboxylic acids is 1. The molecular formula is C30H34FNO3. The summed E-state index contributed by atoms with van der Waals surface area (Å²) in [4.78, 5) is 11.0. The number of oxime groups is 1. The fourth-order valence-electron chi connectivity index (χ4n) is 3.65. The molecule has 0 bridgehead atoms. The van der Waals surface area contributed by atoms with Gasteiger partial charge >= 0.3 is 5.97 Å². The molecule has 1 aliphatic carbocycles.